The van der Waals surface area contributed by atoms with Crippen LogP contribution in [-0.4, -0.2) is 48.9 Å². The zero-order valence-corrected chi connectivity index (χ0v) is 15.3. The standard InChI is InChI=1S/C15H23N3O3.C2HF3O2/c1-17-14(19)13(9-5-6-10-16)18-15(20)21-11-12-7-3-2-4-8-12;3-2(4,5)1(6)7/h2-4,7-8,13H,5-6,9-11,16H2,1H3,(H,17,19)(H,18,20);(H,6,7)/t13-;/m0./s1. The summed E-state index contributed by atoms with van der Waals surface area (Å²) in [6.07, 6.45) is -3.56. The number of hydrogen-bond acceptors (Lipinski definition) is 5. The van der Waals surface area contributed by atoms with Gasteiger partial charge in [-0.1, -0.05) is 30.3 Å². The summed E-state index contributed by atoms with van der Waals surface area (Å²) in [6.45, 7) is 0.745. The van der Waals surface area contributed by atoms with E-state index < -0.39 is 24.3 Å². The van der Waals surface area contributed by atoms with Crippen LogP contribution in [0.3, 0.4) is 0 Å². The molecule has 1 rings (SSSR count). The van der Waals surface area contributed by atoms with Crippen LogP contribution in [0, 0.1) is 0 Å². The molecule has 11 heteroatoms. The van der Waals surface area contributed by atoms with Crippen molar-refractivity contribution >= 4 is 18.0 Å². The molecule has 1 aromatic rings. The van der Waals surface area contributed by atoms with Crippen molar-refractivity contribution in [2.75, 3.05) is 13.6 Å². The molecular formula is C17H24F3N3O5. The molecule has 0 aliphatic carbocycles. The van der Waals surface area contributed by atoms with Crippen LogP contribution in [0.5, 0.6) is 0 Å². The number of nitrogens with one attached hydrogen (secondary N) is 2. The van der Waals surface area contributed by atoms with E-state index in [1.165, 1.54) is 7.05 Å². The smallest absolute Gasteiger partial charge is 0.475 e. The van der Waals surface area contributed by atoms with E-state index in [4.69, 9.17) is 20.4 Å². The van der Waals surface area contributed by atoms with E-state index in [0.717, 1.165) is 18.4 Å². The van der Waals surface area contributed by atoms with Crippen LogP contribution < -0.4 is 16.4 Å². The number of nitrogens with two attached hydrogens (primary N) is 1. The average Bonchev–Trinajstić information content (AvgIpc) is 2.65. The molecule has 8 nitrogen and oxygen atoms in total. The first-order chi connectivity index (χ1) is 13.1. The number of benzene rings is 1. The summed E-state index contributed by atoms with van der Waals surface area (Å²) < 4.78 is 36.8. The van der Waals surface area contributed by atoms with Crippen molar-refractivity contribution in [3.63, 3.8) is 0 Å². The van der Waals surface area contributed by atoms with Crippen molar-refractivity contribution in [1.82, 2.24) is 10.6 Å². The number of likely N-dealkylation sites (N-methyl/N-ethyl adjacent to an activating group) is 1. The van der Waals surface area contributed by atoms with Crippen molar-refractivity contribution in [3.8, 4) is 0 Å². The van der Waals surface area contributed by atoms with E-state index in [2.05, 4.69) is 10.6 Å². The van der Waals surface area contributed by atoms with Crippen molar-refractivity contribution in [2.24, 2.45) is 5.73 Å². The van der Waals surface area contributed by atoms with Gasteiger partial charge in [-0.3, -0.25) is 4.79 Å². The van der Waals surface area contributed by atoms with Crippen molar-refractivity contribution < 1.29 is 37.4 Å². The summed E-state index contributed by atoms with van der Waals surface area (Å²) in [5.41, 5.74) is 6.32. The average molecular weight is 407 g/mol. The van der Waals surface area contributed by atoms with Gasteiger partial charge in [0.1, 0.15) is 12.6 Å². The van der Waals surface area contributed by atoms with Crippen LogP contribution >= 0.6 is 0 Å². The zero-order chi connectivity index (χ0) is 21.6. The Hall–Kier alpha value is -2.82. The zero-order valence-electron chi connectivity index (χ0n) is 15.3. The van der Waals surface area contributed by atoms with Crippen LogP contribution in [0.1, 0.15) is 24.8 Å². The molecule has 0 heterocycles. The molecule has 0 aliphatic heterocycles. The molecule has 1 aromatic carbocycles. The first-order valence-electron chi connectivity index (χ1n) is 8.30. The summed E-state index contributed by atoms with van der Waals surface area (Å²) >= 11 is 0. The quantitative estimate of drug-likeness (QED) is 0.486. The number of carbonyl (C=O) groups is 3. The van der Waals surface area contributed by atoms with Gasteiger partial charge in [-0.2, -0.15) is 13.2 Å². The second kappa shape index (κ2) is 13.4. The summed E-state index contributed by atoms with van der Waals surface area (Å²) in [5.74, 6) is -2.99. The summed E-state index contributed by atoms with van der Waals surface area (Å²) in [5, 5.41) is 12.2. The van der Waals surface area contributed by atoms with Crippen LogP contribution in [-0.2, 0) is 20.9 Å². The summed E-state index contributed by atoms with van der Waals surface area (Å²) in [6, 6.07) is 8.77. The molecular weight excluding hydrogens is 383 g/mol. The van der Waals surface area contributed by atoms with E-state index in [-0.39, 0.29) is 12.5 Å². The number of halogens is 3. The minimum absolute atomic E-state index is 0.177. The monoisotopic (exact) mass is 407 g/mol. The molecule has 5 N–H and O–H groups in total. The van der Waals surface area contributed by atoms with E-state index in [1.54, 1.807) is 0 Å². The number of rotatable bonds is 8. The Labute approximate surface area is 160 Å². The van der Waals surface area contributed by atoms with Crippen molar-refractivity contribution in [3.05, 3.63) is 35.9 Å². The maximum absolute atomic E-state index is 11.7. The second-order valence-corrected chi connectivity index (χ2v) is 5.46. The van der Waals surface area contributed by atoms with Crippen molar-refractivity contribution in [2.45, 2.75) is 38.1 Å². The van der Waals surface area contributed by atoms with Gasteiger partial charge in [-0.15, -0.1) is 0 Å². The summed E-state index contributed by atoms with van der Waals surface area (Å²) in [4.78, 5) is 32.3. The molecule has 0 aromatic heterocycles. The maximum atomic E-state index is 11.7. The highest BCUT2D eigenvalue weighted by atomic mass is 19.4. The predicted molar refractivity (Wildman–Crippen MR) is 94.2 cm³/mol. The van der Waals surface area contributed by atoms with Gasteiger partial charge in [0.15, 0.2) is 0 Å². The largest absolute Gasteiger partial charge is 0.490 e. The van der Waals surface area contributed by atoms with Crippen molar-refractivity contribution in [1.29, 1.82) is 0 Å². The molecule has 0 spiro atoms. The first kappa shape index (κ1) is 25.2. The fraction of sp³-hybridized carbons (Fsp3) is 0.471. The first-order valence-corrected chi connectivity index (χ1v) is 8.30. The van der Waals surface area contributed by atoms with Gasteiger partial charge in [-0.05, 0) is 31.4 Å². The Kier molecular flexibility index (Phi) is 12.0. The highest BCUT2D eigenvalue weighted by Crippen LogP contribution is 2.13. The van der Waals surface area contributed by atoms with E-state index in [1.807, 2.05) is 30.3 Å². The van der Waals surface area contributed by atoms with Crippen LogP contribution in [0.4, 0.5) is 18.0 Å². The Morgan fingerprint density at radius 1 is 1.18 bits per heavy atom. The number of hydrogen-bond donors (Lipinski definition) is 4. The van der Waals surface area contributed by atoms with Gasteiger partial charge >= 0.3 is 18.2 Å². The number of unbranched alkanes of at least 4 members (excludes halogenated alkanes) is 1. The normalized spacial score (nSPS) is 11.5. The van der Waals surface area contributed by atoms with Gasteiger partial charge in [0.2, 0.25) is 5.91 Å². The van der Waals surface area contributed by atoms with Crippen LogP contribution in [0.25, 0.3) is 0 Å². The lowest BCUT2D eigenvalue weighted by atomic mass is 10.1. The Balaban J connectivity index is 0.000000887. The molecule has 2 amide bonds. The molecule has 28 heavy (non-hydrogen) atoms. The molecule has 0 fully saturated rings. The predicted octanol–water partition coefficient (Wildman–Crippen LogP) is 1.79. The third-order valence-corrected chi connectivity index (χ3v) is 3.26. The molecule has 0 unspecified atom stereocenters. The Morgan fingerprint density at radius 3 is 2.21 bits per heavy atom. The lowest BCUT2D eigenvalue weighted by Crippen LogP contribution is -2.45. The van der Waals surface area contributed by atoms with Gasteiger partial charge in [0.25, 0.3) is 0 Å². The fourth-order valence-electron chi connectivity index (χ4n) is 1.84. The molecule has 0 saturated heterocycles. The highest BCUT2D eigenvalue weighted by molar-refractivity contribution is 5.85. The molecule has 158 valence electrons. The van der Waals surface area contributed by atoms with Gasteiger partial charge in [0.05, 0.1) is 0 Å². The van der Waals surface area contributed by atoms with Crippen LogP contribution in [0.15, 0.2) is 30.3 Å². The third kappa shape index (κ3) is 11.7. The molecule has 0 radical (unpaired) electrons. The fourth-order valence-corrected chi connectivity index (χ4v) is 1.84. The number of amides is 2. The number of aliphatic carboxylic acids is 1. The lowest BCUT2D eigenvalue weighted by molar-refractivity contribution is -0.192. The molecule has 0 aliphatic rings. The number of alkyl halides is 3. The van der Waals surface area contributed by atoms with Gasteiger partial charge in [-0.25, -0.2) is 9.59 Å². The lowest BCUT2D eigenvalue weighted by Gasteiger charge is -2.17. The Morgan fingerprint density at radius 2 is 1.75 bits per heavy atom. The van der Waals surface area contributed by atoms with E-state index in [9.17, 15) is 22.8 Å². The number of carboxylic acid groups (broad SMARTS) is 1. The molecule has 0 saturated carbocycles. The number of ether oxygens (including phenoxy) is 1. The number of carboxylic acids is 1. The topological polar surface area (TPSA) is 131 Å². The van der Waals surface area contributed by atoms with Gasteiger partial charge < -0.3 is 26.2 Å². The van der Waals surface area contributed by atoms with Crippen LogP contribution in [0.2, 0.25) is 0 Å². The number of carbonyl (C=O) groups excluding carboxylic acids is 2. The molecule has 1 atom stereocenters. The molecule has 0 bridgehead atoms. The maximum Gasteiger partial charge on any atom is 0.490 e. The Bertz CT molecular complexity index is 612. The minimum Gasteiger partial charge on any atom is -0.475 e. The number of alkyl carbamates (subject to hydrolysis) is 1. The third-order valence-electron chi connectivity index (χ3n) is 3.26. The highest BCUT2D eigenvalue weighted by Gasteiger charge is 2.38. The second-order valence-electron chi connectivity index (χ2n) is 5.46. The van der Waals surface area contributed by atoms with Gasteiger partial charge in [0, 0.05) is 7.05 Å². The SMILES string of the molecule is CNC(=O)[C@H](CCCCN)NC(=O)OCc1ccccc1.O=C(O)C(F)(F)F. The minimum atomic E-state index is -5.08. The summed E-state index contributed by atoms with van der Waals surface area (Å²) in [7, 11) is 1.54. The van der Waals surface area contributed by atoms with E-state index in [0.29, 0.717) is 13.0 Å². The van der Waals surface area contributed by atoms with E-state index >= 15 is 0 Å².